The van der Waals surface area contributed by atoms with Gasteiger partial charge >= 0.3 is 13.2 Å². The first-order chi connectivity index (χ1) is 7.41. The molecule has 1 heterocycles. The van der Waals surface area contributed by atoms with Crippen LogP contribution >= 0.6 is 7.60 Å². The number of fused-ring (bicyclic) bond motifs is 1. The Morgan fingerprint density at radius 1 is 1.25 bits per heavy atom. The number of rotatable bonds is 1. The molecule has 16 heavy (non-hydrogen) atoms. The molecule has 1 aromatic heterocycles. The van der Waals surface area contributed by atoms with Crippen molar-refractivity contribution < 1.29 is 18.8 Å². The molecule has 0 bridgehead atoms. The van der Waals surface area contributed by atoms with E-state index < -0.39 is 18.5 Å². The molecule has 84 valence electrons. The first-order valence-electron chi connectivity index (χ1n) is 4.50. The van der Waals surface area contributed by atoms with Gasteiger partial charge in [0.05, 0.1) is 0 Å². The largest absolute Gasteiger partial charge is 0.422 e. The van der Waals surface area contributed by atoms with E-state index in [0.717, 1.165) is 0 Å². The van der Waals surface area contributed by atoms with Gasteiger partial charge in [-0.3, -0.25) is 4.57 Å². The van der Waals surface area contributed by atoms with Crippen molar-refractivity contribution in [3.05, 3.63) is 40.2 Å². The summed E-state index contributed by atoms with van der Waals surface area (Å²) < 4.78 is 16.0. The first-order valence-corrected chi connectivity index (χ1v) is 6.11. The highest BCUT2D eigenvalue weighted by atomic mass is 31.2. The van der Waals surface area contributed by atoms with E-state index in [1.165, 1.54) is 6.92 Å². The Bertz CT molecular complexity index is 652. The molecule has 0 radical (unpaired) electrons. The summed E-state index contributed by atoms with van der Waals surface area (Å²) in [6.45, 7) is 1.49. The molecule has 0 unspecified atom stereocenters. The number of hydrogen-bond donors (Lipinski definition) is 2. The van der Waals surface area contributed by atoms with E-state index >= 15 is 0 Å². The minimum atomic E-state index is -4.60. The Kier molecular flexibility index (Phi) is 2.46. The molecule has 6 heteroatoms. The van der Waals surface area contributed by atoms with Crippen LogP contribution in [0.2, 0.25) is 0 Å². The van der Waals surface area contributed by atoms with Gasteiger partial charge in [0.25, 0.3) is 0 Å². The highest BCUT2D eigenvalue weighted by Gasteiger charge is 2.26. The zero-order valence-corrected chi connectivity index (χ0v) is 9.27. The molecule has 0 atom stereocenters. The fourth-order valence-corrected chi connectivity index (χ4v) is 2.47. The summed E-state index contributed by atoms with van der Waals surface area (Å²) in [5.74, 6) is 0. The molecule has 0 saturated heterocycles. The highest BCUT2D eigenvalue weighted by molar-refractivity contribution is 7.60. The average molecular weight is 240 g/mol. The van der Waals surface area contributed by atoms with Crippen molar-refractivity contribution in [3.63, 3.8) is 0 Å². The molecule has 0 aliphatic rings. The lowest BCUT2D eigenvalue weighted by atomic mass is 10.1. The van der Waals surface area contributed by atoms with Gasteiger partial charge in [-0.05, 0) is 18.6 Å². The Labute approximate surface area is 90.5 Å². The third-order valence-corrected chi connectivity index (χ3v) is 3.43. The maximum atomic E-state index is 11.4. The van der Waals surface area contributed by atoms with Gasteiger partial charge in [-0.1, -0.05) is 18.2 Å². The lowest BCUT2D eigenvalue weighted by Crippen LogP contribution is -2.26. The van der Waals surface area contributed by atoms with E-state index in [-0.39, 0.29) is 5.56 Å². The summed E-state index contributed by atoms with van der Waals surface area (Å²) >= 11 is 0. The Balaban J connectivity index is 2.98. The number of hydrogen-bond acceptors (Lipinski definition) is 3. The van der Waals surface area contributed by atoms with Crippen LogP contribution < -0.4 is 10.9 Å². The monoisotopic (exact) mass is 240 g/mol. The number of benzene rings is 1. The van der Waals surface area contributed by atoms with Crippen molar-refractivity contribution in [2.24, 2.45) is 0 Å². The summed E-state index contributed by atoms with van der Waals surface area (Å²) in [7, 11) is -4.60. The third-order valence-electron chi connectivity index (χ3n) is 2.33. The molecule has 2 rings (SSSR count). The van der Waals surface area contributed by atoms with Crippen molar-refractivity contribution in [2.75, 3.05) is 0 Å². The minimum Gasteiger partial charge on any atom is -0.422 e. The van der Waals surface area contributed by atoms with Crippen molar-refractivity contribution in [3.8, 4) is 0 Å². The van der Waals surface area contributed by atoms with Crippen molar-refractivity contribution in [1.29, 1.82) is 0 Å². The van der Waals surface area contributed by atoms with Gasteiger partial charge in [0.15, 0.2) is 5.30 Å². The van der Waals surface area contributed by atoms with Crippen LogP contribution in [0.1, 0.15) is 5.56 Å². The third kappa shape index (κ3) is 1.69. The molecule has 0 aliphatic heterocycles. The van der Waals surface area contributed by atoms with Gasteiger partial charge in [0.1, 0.15) is 5.58 Å². The van der Waals surface area contributed by atoms with Gasteiger partial charge in [0, 0.05) is 5.39 Å². The quantitative estimate of drug-likeness (QED) is 0.571. The molecule has 0 spiro atoms. The van der Waals surface area contributed by atoms with Gasteiger partial charge in [-0.15, -0.1) is 0 Å². The van der Waals surface area contributed by atoms with Crippen molar-refractivity contribution in [2.45, 2.75) is 6.92 Å². The van der Waals surface area contributed by atoms with Crippen LogP contribution in [0.3, 0.4) is 0 Å². The molecule has 0 amide bonds. The maximum absolute atomic E-state index is 11.4. The van der Waals surface area contributed by atoms with Gasteiger partial charge in [0.2, 0.25) is 0 Å². The number of aryl methyl sites for hydroxylation is 1. The summed E-state index contributed by atoms with van der Waals surface area (Å²) in [4.78, 5) is 29.6. The summed E-state index contributed by atoms with van der Waals surface area (Å²) in [5, 5.41) is -0.0355. The zero-order valence-electron chi connectivity index (χ0n) is 8.38. The predicted octanol–water partition coefficient (Wildman–Crippen LogP) is 0.904. The Morgan fingerprint density at radius 3 is 2.50 bits per heavy atom. The van der Waals surface area contributed by atoms with Gasteiger partial charge in [-0.2, -0.15) is 0 Å². The van der Waals surface area contributed by atoms with E-state index in [4.69, 9.17) is 14.2 Å². The SMILES string of the molecule is Cc1c(P(=O)(O)O)c(=O)oc2ccccc12. The van der Waals surface area contributed by atoms with Crippen molar-refractivity contribution in [1.82, 2.24) is 0 Å². The molecule has 2 N–H and O–H groups in total. The minimum absolute atomic E-state index is 0.264. The molecule has 5 nitrogen and oxygen atoms in total. The molecule has 0 aliphatic carbocycles. The zero-order chi connectivity index (χ0) is 11.9. The van der Waals surface area contributed by atoms with E-state index in [2.05, 4.69) is 0 Å². The Hall–Kier alpha value is -1.42. The molecular weight excluding hydrogens is 231 g/mol. The molecular formula is C10H9O5P. The fraction of sp³-hybridized carbons (Fsp3) is 0.100. The standard InChI is InChI=1S/C10H9O5P/c1-6-7-4-2-3-5-8(7)15-10(11)9(6)16(12,13)14/h2-5H,1H3,(H2,12,13,14). The van der Waals surface area contributed by atoms with E-state index in [1.807, 2.05) is 0 Å². The predicted molar refractivity (Wildman–Crippen MR) is 58.9 cm³/mol. The van der Waals surface area contributed by atoms with E-state index in [9.17, 15) is 9.36 Å². The lowest BCUT2D eigenvalue weighted by Gasteiger charge is -2.08. The van der Waals surface area contributed by atoms with Crippen LogP contribution in [0.5, 0.6) is 0 Å². The normalized spacial score (nSPS) is 11.9. The van der Waals surface area contributed by atoms with Gasteiger partial charge < -0.3 is 14.2 Å². The van der Waals surface area contributed by atoms with Crippen LogP contribution in [0.15, 0.2) is 33.5 Å². The first kappa shape index (κ1) is 11.1. The molecule has 2 aromatic rings. The van der Waals surface area contributed by atoms with Gasteiger partial charge in [-0.25, -0.2) is 4.79 Å². The van der Waals surface area contributed by atoms with Crippen LogP contribution in [-0.4, -0.2) is 9.79 Å². The number of para-hydroxylation sites is 1. The molecule has 0 saturated carbocycles. The summed E-state index contributed by atoms with van der Waals surface area (Å²) in [6, 6.07) is 6.61. The van der Waals surface area contributed by atoms with E-state index in [1.54, 1.807) is 24.3 Å². The topological polar surface area (TPSA) is 87.7 Å². The van der Waals surface area contributed by atoms with Crippen LogP contribution in [0.4, 0.5) is 0 Å². The van der Waals surface area contributed by atoms with Crippen LogP contribution in [0, 0.1) is 6.92 Å². The maximum Gasteiger partial charge on any atom is 0.363 e. The van der Waals surface area contributed by atoms with E-state index in [0.29, 0.717) is 11.0 Å². The fourth-order valence-electron chi connectivity index (χ4n) is 1.63. The van der Waals surface area contributed by atoms with Crippen molar-refractivity contribution >= 4 is 23.9 Å². The molecule has 0 fully saturated rings. The smallest absolute Gasteiger partial charge is 0.363 e. The summed E-state index contributed by atoms with van der Waals surface area (Å²) in [6.07, 6.45) is 0. The van der Waals surface area contributed by atoms with Crippen LogP contribution in [0.25, 0.3) is 11.0 Å². The molecule has 1 aromatic carbocycles. The second kappa shape index (κ2) is 3.56. The Morgan fingerprint density at radius 2 is 1.88 bits per heavy atom. The van der Waals surface area contributed by atoms with Crippen LogP contribution in [-0.2, 0) is 4.57 Å². The average Bonchev–Trinajstić information content (AvgIpc) is 2.15. The highest BCUT2D eigenvalue weighted by Crippen LogP contribution is 2.34. The summed E-state index contributed by atoms with van der Waals surface area (Å²) in [5.41, 5.74) is -0.396. The second-order valence-electron chi connectivity index (χ2n) is 3.40. The second-order valence-corrected chi connectivity index (χ2v) is 4.94. The lowest BCUT2D eigenvalue weighted by molar-refractivity contribution is 0.385.